The van der Waals surface area contributed by atoms with Crippen LogP contribution in [-0.2, 0) is 42.7 Å². The maximum absolute atomic E-state index is 13.8. The molecule has 0 spiro atoms. The van der Waals surface area contributed by atoms with Crippen LogP contribution in [0.15, 0.2) is 23.3 Å². The lowest BCUT2D eigenvalue weighted by Crippen LogP contribution is -2.70. The van der Waals surface area contributed by atoms with Gasteiger partial charge in [-0.15, -0.1) is 0 Å². The highest BCUT2D eigenvalue weighted by Crippen LogP contribution is 2.76. The summed E-state index contributed by atoms with van der Waals surface area (Å²) in [5, 5.41) is 120. The summed E-state index contributed by atoms with van der Waals surface area (Å²) in [6.45, 7) is 19.5. The van der Waals surface area contributed by atoms with Crippen LogP contribution >= 0.6 is 0 Å². The van der Waals surface area contributed by atoms with Crippen LogP contribution in [0.5, 0.6) is 0 Å². The fourth-order valence-corrected chi connectivity index (χ4v) is 15.8. The van der Waals surface area contributed by atoms with E-state index in [9.17, 15) is 65.8 Å². The predicted molar refractivity (Wildman–Crippen MR) is 255 cm³/mol. The molecule has 8 aliphatic rings. The summed E-state index contributed by atoms with van der Waals surface area (Å²) in [4.78, 5) is 26.2. The number of carboxylic acid groups (broad SMARTS) is 1. The van der Waals surface area contributed by atoms with Crippen molar-refractivity contribution in [3.63, 3.8) is 0 Å². The number of aliphatic hydroxyl groups excluding tert-OH is 10. The number of aliphatic carboxylic acids is 1. The Bertz CT molecular complexity index is 2100. The van der Waals surface area contributed by atoms with Gasteiger partial charge in [0.15, 0.2) is 25.0 Å². The predicted octanol–water partition coefficient (Wildman–Crippen LogP) is 1.19. The van der Waals surface area contributed by atoms with Crippen LogP contribution in [0.1, 0.15) is 121 Å². The minimum Gasteiger partial charge on any atom is -0.479 e. The number of allylic oxidation sites excluding steroid dienone is 3. The van der Waals surface area contributed by atoms with Crippen LogP contribution in [0, 0.1) is 50.2 Å². The van der Waals surface area contributed by atoms with Gasteiger partial charge < -0.3 is 89.3 Å². The standard InChI is InChI=1S/C53H84O20/c1-11-23(2)44(66)70-32-20-48(4,5)18-26-25-12-13-29-50(8)16-15-31(71-47-40(63)41(39(62)42(73-47)43(64)65)72-46-38(61)36(59)34(57)27(21-54)69-46)49(6,7)28(50)14-17-51(29,9)52(25,10)19-30(55)53(26,32)22-67-45-37(60)35(58)33(56)24(3)68-45/h11-12,24,26-42,45-47,54-63H,13-22H2,1-10H3,(H,64,65). The second-order valence-electron chi connectivity index (χ2n) is 25.1. The number of hydrogen-bond acceptors (Lipinski definition) is 19. The van der Waals surface area contributed by atoms with Crippen LogP contribution in [0.4, 0.5) is 0 Å². The van der Waals surface area contributed by atoms with E-state index in [2.05, 4.69) is 54.5 Å². The first-order valence-electron chi connectivity index (χ1n) is 26.3. The fourth-order valence-electron chi connectivity index (χ4n) is 15.8. The van der Waals surface area contributed by atoms with Crippen molar-refractivity contribution in [1.29, 1.82) is 0 Å². The monoisotopic (exact) mass is 1040 g/mol. The first kappa shape index (κ1) is 57.0. The highest BCUT2D eigenvalue weighted by atomic mass is 16.7. The van der Waals surface area contributed by atoms with E-state index in [-0.39, 0.29) is 40.6 Å². The topological polar surface area (TPSA) is 321 Å². The van der Waals surface area contributed by atoms with Crippen LogP contribution in [0.2, 0.25) is 0 Å². The quantitative estimate of drug-likeness (QED) is 0.0599. The zero-order valence-corrected chi connectivity index (χ0v) is 43.9. The summed E-state index contributed by atoms with van der Waals surface area (Å²) < 4.78 is 42.5. The van der Waals surface area contributed by atoms with Gasteiger partial charge in [0.25, 0.3) is 0 Å². The van der Waals surface area contributed by atoms with Crippen molar-refractivity contribution >= 4 is 11.9 Å². The third-order valence-corrected chi connectivity index (χ3v) is 20.3. The molecule has 0 radical (unpaired) electrons. The summed E-state index contributed by atoms with van der Waals surface area (Å²) in [5.41, 5.74) is -1.79. The number of hydrogen-bond donors (Lipinski definition) is 11. The highest BCUT2D eigenvalue weighted by Gasteiger charge is 2.72. The number of fused-ring (bicyclic) bond motifs is 7. The molecule has 3 saturated heterocycles. The Morgan fingerprint density at radius 1 is 0.726 bits per heavy atom. The average Bonchev–Trinajstić information content (AvgIpc) is 3.31. The number of carbonyl (C=O) groups is 2. The molecule has 0 bridgehead atoms. The average molecular weight is 1040 g/mol. The molecule has 4 saturated carbocycles. The SMILES string of the molecule is CC=C(C)C(=O)OC1CC(C)(C)CC2C3=CCC4C5(C)CCC(OC6OC(C(=O)O)C(O)C(OC7OC(CO)C(O)C(O)C7O)C6O)C(C)(C)C5CCC4(C)C3(C)CC(O)C12COC1OC(C)C(O)C(O)C1O. The zero-order chi connectivity index (χ0) is 53.9. The lowest BCUT2D eigenvalue weighted by molar-refractivity contribution is -0.365. The number of aliphatic hydroxyl groups is 10. The second-order valence-corrected chi connectivity index (χ2v) is 25.1. The van der Waals surface area contributed by atoms with Gasteiger partial charge in [0.05, 0.1) is 36.9 Å². The Morgan fingerprint density at radius 3 is 2.01 bits per heavy atom. The third-order valence-electron chi connectivity index (χ3n) is 20.3. The number of carbonyl (C=O) groups excluding carboxylic acids is 1. The van der Waals surface area contributed by atoms with Crippen LogP contribution < -0.4 is 0 Å². The van der Waals surface area contributed by atoms with Crippen molar-refractivity contribution in [3.05, 3.63) is 23.3 Å². The summed E-state index contributed by atoms with van der Waals surface area (Å²) in [5.74, 6) is -2.30. The maximum atomic E-state index is 13.8. The molecule has 0 aromatic carbocycles. The first-order chi connectivity index (χ1) is 33.9. The largest absolute Gasteiger partial charge is 0.479 e. The van der Waals surface area contributed by atoms with Crippen LogP contribution in [0.3, 0.4) is 0 Å². The van der Waals surface area contributed by atoms with Gasteiger partial charge in [0, 0.05) is 5.57 Å². The second kappa shape index (κ2) is 20.2. The van der Waals surface area contributed by atoms with E-state index in [0.717, 1.165) is 12.8 Å². The summed E-state index contributed by atoms with van der Waals surface area (Å²) in [6, 6.07) is 0. The van der Waals surface area contributed by atoms with Crippen molar-refractivity contribution in [2.75, 3.05) is 13.2 Å². The van der Waals surface area contributed by atoms with Gasteiger partial charge in [0.1, 0.15) is 67.1 Å². The molecule has 0 amide bonds. The summed E-state index contributed by atoms with van der Waals surface area (Å²) in [7, 11) is 0. The first-order valence-corrected chi connectivity index (χ1v) is 26.3. The van der Waals surface area contributed by atoms with Gasteiger partial charge >= 0.3 is 11.9 Å². The molecule has 0 aromatic rings. The molecule has 5 aliphatic carbocycles. The smallest absolute Gasteiger partial charge is 0.335 e. The van der Waals surface area contributed by atoms with Crippen molar-refractivity contribution in [1.82, 2.24) is 0 Å². The molecule has 25 atom stereocenters. The van der Waals surface area contributed by atoms with Crippen molar-refractivity contribution in [2.45, 2.75) is 231 Å². The minimum absolute atomic E-state index is 0.0320. The molecule has 20 nitrogen and oxygen atoms in total. The van der Waals surface area contributed by atoms with E-state index >= 15 is 0 Å². The number of rotatable bonds is 11. The van der Waals surface area contributed by atoms with Crippen molar-refractivity contribution in [3.8, 4) is 0 Å². The minimum atomic E-state index is -1.99. The van der Waals surface area contributed by atoms with Gasteiger partial charge in [-0.3, -0.25) is 0 Å². The molecule has 25 unspecified atom stereocenters. The van der Waals surface area contributed by atoms with E-state index in [1.807, 2.05) is 0 Å². The summed E-state index contributed by atoms with van der Waals surface area (Å²) >= 11 is 0. The molecule has 73 heavy (non-hydrogen) atoms. The molecule has 3 aliphatic heterocycles. The Labute approximate surface area is 427 Å². The van der Waals surface area contributed by atoms with E-state index in [1.165, 1.54) is 5.57 Å². The molecule has 7 fully saturated rings. The molecule has 11 N–H and O–H groups in total. The van der Waals surface area contributed by atoms with Gasteiger partial charge in [-0.2, -0.15) is 0 Å². The van der Waals surface area contributed by atoms with Crippen LogP contribution in [0.25, 0.3) is 0 Å². The maximum Gasteiger partial charge on any atom is 0.335 e. The summed E-state index contributed by atoms with van der Waals surface area (Å²) in [6.07, 6.45) is -18.1. The Hall–Kier alpha value is -2.22. The van der Waals surface area contributed by atoms with E-state index < -0.39 is 145 Å². The fraction of sp³-hybridized carbons (Fsp3) is 0.887. The lowest BCUT2D eigenvalue weighted by atomic mass is 9.33. The number of carboxylic acids is 1. The van der Waals surface area contributed by atoms with Gasteiger partial charge in [-0.25, -0.2) is 9.59 Å². The molecule has 416 valence electrons. The van der Waals surface area contributed by atoms with Crippen molar-refractivity contribution < 1.29 is 98.9 Å². The Morgan fingerprint density at radius 2 is 1.37 bits per heavy atom. The Kier molecular flexibility index (Phi) is 15.8. The van der Waals surface area contributed by atoms with Crippen molar-refractivity contribution in [2.24, 2.45) is 50.2 Å². The van der Waals surface area contributed by atoms with E-state index in [4.69, 9.17) is 33.2 Å². The molecule has 3 heterocycles. The van der Waals surface area contributed by atoms with E-state index in [0.29, 0.717) is 44.1 Å². The van der Waals surface area contributed by atoms with E-state index in [1.54, 1.807) is 26.8 Å². The van der Waals surface area contributed by atoms with Crippen LogP contribution in [-0.4, -0.2) is 192 Å². The van der Waals surface area contributed by atoms with Gasteiger partial charge in [0.2, 0.25) is 0 Å². The molecule has 8 rings (SSSR count). The Balaban J connectivity index is 1.08. The normalized spacial score (nSPS) is 51.6. The molecular formula is C53H84O20. The lowest BCUT2D eigenvalue weighted by Gasteiger charge is -2.72. The highest BCUT2D eigenvalue weighted by molar-refractivity contribution is 5.87. The molecule has 20 heteroatoms. The molecular weight excluding hydrogens is 957 g/mol. The number of ether oxygens (including phenoxy) is 7. The molecule has 0 aromatic heterocycles. The third kappa shape index (κ3) is 9.19. The number of esters is 1. The van der Waals surface area contributed by atoms with Gasteiger partial charge in [-0.1, -0.05) is 66.2 Å². The van der Waals surface area contributed by atoms with Gasteiger partial charge in [-0.05, 0) is 117 Å². The zero-order valence-electron chi connectivity index (χ0n) is 43.9.